The Balaban J connectivity index is 1.60. The highest BCUT2D eigenvalue weighted by Crippen LogP contribution is 2.34. The first-order valence-electron chi connectivity index (χ1n) is 10.4. The maximum absolute atomic E-state index is 5.06. The molecule has 0 unspecified atom stereocenters. The van der Waals surface area contributed by atoms with Crippen molar-refractivity contribution in [2.45, 2.75) is 6.92 Å². The molecule has 150 valence electrons. The molecule has 0 bridgehead atoms. The molecule has 0 N–H and O–H groups in total. The molecule has 0 radical (unpaired) electrons. The fraction of sp³-hybridized carbons (Fsp3) is 0.0741. The van der Waals surface area contributed by atoms with Gasteiger partial charge in [0.2, 0.25) is 0 Å². The molecule has 3 heterocycles. The number of para-hydroxylation sites is 1. The third-order valence-electron chi connectivity index (χ3n) is 5.91. The van der Waals surface area contributed by atoms with Crippen LogP contribution in [0.15, 0.2) is 91.1 Å². The van der Waals surface area contributed by atoms with Gasteiger partial charge in [0, 0.05) is 51.2 Å². The highest BCUT2D eigenvalue weighted by Gasteiger charge is 2.16. The molecule has 6 rings (SSSR count). The molecule has 3 aromatic carbocycles. The number of aromatic nitrogens is 3. The first kappa shape index (κ1) is 18.2. The highest BCUT2D eigenvalue weighted by molar-refractivity contribution is 7.15. The van der Waals surface area contributed by atoms with Crippen LogP contribution in [0.1, 0.15) is 4.88 Å². The molecule has 4 heteroatoms. The third-order valence-corrected chi connectivity index (χ3v) is 6.91. The molecular formula is C27H21N3S. The van der Waals surface area contributed by atoms with Crippen molar-refractivity contribution in [1.82, 2.24) is 14.1 Å². The molecule has 0 atom stereocenters. The van der Waals surface area contributed by atoms with Gasteiger partial charge in [0.05, 0.1) is 10.6 Å². The summed E-state index contributed by atoms with van der Waals surface area (Å²) < 4.78 is 4.50. The van der Waals surface area contributed by atoms with E-state index in [1.807, 2.05) is 6.07 Å². The molecule has 3 aromatic heterocycles. The van der Waals surface area contributed by atoms with Gasteiger partial charge in [-0.05, 0) is 43.3 Å². The fourth-order valence-electron chi connectivity index (χ4n) is 4.36. The number of imidazole rings is 1. The van der Waals surface area contributed by atoms with Gasteiger partial charge in [-0.15, -0.1) is 11.3 Å². The van der Waals surface area contributed by atoms with Crippen LogP contribution in [0.4, 0.5) is 0 Å². The number of nitrogens with zero attached hydrogens (tertiary/aromatic N) is 3. The van der Waals surface area contributed by atoms with Crippen LogP contribution in [-0.2, 0) is 7.05 Å². The molecule has 0 aliphatic carbocycles. The smallest absolute Gasteiger partial charge is 0.155 e. The Bertz CT molecular complexity index is 1550. The van der Waals surface area contributed by atoms with Crippen LogP contribution in [0.25, 0.3) is 49.5 Å². The van der Waals surface area contributed by atoms with Gasteiger partial charge in [0.15, 0.2) is 5.82 Å². The SMILES string of the molecule is Cc1ccc(-c2nc(-c3ccccc3)cn2-c2ccc3c(c2)c2ccccc2n3C)s1. The molecule has 0 amide bonds. The standard InChI is InChI=1S/C27H21N3S/c1-18-12-15-26(31-18)27-28-23(19-8-4-3-5-9-19)17-30(27)20-13-14-25-22(16-20)21-10-6-7-11-24(21)29(25)2/h3-17H,1-2H3. The number of hydrogen-bond donors (Lipinski definition) is 0. The van der Waals surface area contributed by atoms with Crippen molar-refractivity contribution in [3.8, 4) is 27.6 Å². The quantitative estimate of drug-likeness (QED) is 0.297. The number of fused-ring (bicyclic) bond motifs is 3. The van der Waals surface area contributed by atoms with Gasteiger partial charge in [-0.1, -0.05) is 48.5 Å². The van der Waals surface area contributed by atoms with Crippen molar-refractivity contribution in [3.05, 3.63) is 96.0 Å². The lowest BCUT2D eigenvalue weighted by atomic mass is 10.1. The van der Waals surface area contributed by atoms with E-state index in [0.29, 0.717) is 0 Å². The molecule has 6 aromatic rings. The van der Waals surface area contributed by atoms with Gasteiger partial charge in [-0.25, -0.2) is 4.98 Å². The minimum Gasteiger partial charge on any atom is -0.344 e. The summed E-state index contributed by atoms with van der Waals surface area (Å²) in [5.41, 5.74) is 5.72. The van der Waals surface area contributed by atoms with Crippen molar-refractivity contribution < 1.29 is 0 Å². The predicted octanol–water partition coefficient (Wildman–Crippen LogP) is 7.22. The van der Waals surface area contributed by atoms with E-state index in [1.165, 1.54) is 31.6 Å². The van der Waals surface area contributed by atoms with E-state index < -0.39 is 0 Å². The Morgan fingerprint density at radius 2 is 1.55 bits per heavy atom. The maximum atomic E-state index is 5.06. The Morgan fingerprint density at radius 1 is 0.774 bits per heavy atom. The minimum absolute atomic E-state index is 0.983. The van der Waals surface area contributed by atoms with Gasteiger partial charge in [0.25, 0.3) is 0 Å². The highest BCUT2D eigenvalue weighted by atomic mass is 32.1. The summed E-state index contributed by atoms with van der Waals surface area (Å²) >= 11 is 1.78. The van der Waals surface area contributed by atoms with E-state index in [1.54, 1.807) is 11.3 Å². The van der Waals surface area contributed by atoms with E-state index in [9.17, 15) is 0 Å². The van der Waals surface area contributed by atoms with Crippen LogP contribution >= 0.6 is 11.3 Å². The van der Waals surface area contributed by atoms with E-state index in [0.717, 1.165) is 22.8 Å². The number of thiophene rings is 1. The normalized spacial score (nSPS) is 11.5. The largest absolute Gasteiger partial charge is 0.344 e. The zero-order chi connectivity index (χ0) is 20.9. The van der Waals surface area contributed by atoms with Crippen molar-refractivity contribution in [2.24, 2.45) is 7.05 Å². The van der Waals surface area contributed by atoms with E-state index in [4.69, 9.17) is 4.98 Å². The Labute approximate surface area is 184 Å². The lowest BCUT2D eigenvalue weighted by molar-refractivity contribution is 1.01. The minimum atomic E-state index is 0.983. The monoisotopic (exact) mass is 419 g/mol. The number of rotatable bonds is 3. The summed E-state index contributed by atoms with van der Waals surface area (Å²) in [6.07, 6.45) is 2.16. The zero-order valence-corrected chi connectivity index (χ0v) is 18.2. The molecule has 0 aliphatic rings. The van der Waals surface area contributed by atoms with Gasteiger partial charge in [-0.2, -0.15) is 0 Å². The van der Waals surface area contributed by atoms with Crippen LogP contribution < -0.4 is 0 Å². The second-order valence-corrected chi connectivity index (χ2v) is 9.16. The van der Waals surface area contributed by atoms with E-state index in [-0.39, 0.29) is 0 Å². The van der Waals surface area contributed by atoms with Crippen molar-refractivity contribution in [1.29, 1.82) is 0 Å². The summed E-state index contributed by atoms with van der Waals surface area (Å²) in [5, 5.41) is 2.54. The first-order chi connectivity index (χ1) is 15.2. The average molecular weight is 420 g/mol. The Kier molecular flexibility index (Phi) is 4.08. The first-order valence-corrected chi connectivity index (χ1v) is 11.2. The molecule has 0 saturated carbocycles. The third kappa shape index (κ3) is 2.91. The van der Waals surface area contributed by atoms with Crippen LogP contribution in [0.2, 0.25) is 0 Å². The van der Waals surface area contributed by atoms with Crippen LogP contribution in [0, 0.1) is 6.92 Å². The van der Waals surface area contributed by atoms with Crippen molar-refractivity contribution >= 4 is 33.1 Å². The molecule has 0 spiro atoms. The molecule has 31 heavy (non-hydrogen) atoms. The summed E-state index contributed by atoms with van der Waals surface area (Å²) in [4.78, 5) is 7.52. The van der Waals surface area contributed by atoms with Crippen molar-refractivity contribution in [2.75, 3.05) is 0 Å². The number of aryl methyl sites for hydroxylation is 2. The topological polar surface area (TPSA) is 22.8 Å². The predicted molar refractivity (Wildman–Crippen MR) is 131 cm³/mol. The summed E-state index contributed by atoms with van der Waals surface area (Å²) in [6.45, 7) is 2.14. The van der Waals surface area contributed by atoms with Crippen LogP contribution in [0.5, 0.6) is 0 Å². The molecule has 0 aliphatic heterocycles. The molecule has 3 nitrogen and oxygen atoms in total. The van der Waals surface area contributed by atoms with E-state index >= 15 is 0 Å². The van der Waals surface area contributed by atoms with Crippen molar-refractivity contribution in [3.63, 3.8) is 0 Å². The Morgan fingerprint density at radius 3 is 2.35 bits per heavy atom. The summed E-state index contributed by atoms with van der Waals surface area (Å²) in [5.74, 6) is 0.983. The van der Waals surface area contributed by atoms with Gasteiger partial charge < -0.3 is 4.57 Å². The van der Waals surface area contributed by atoms with Crippen LogP contribution in [-0.4, -0.2) is 14.1 Å². The average Bonchev–Trinajstić information content (AvgIpc) is 3.51. The van der Waals surface area contributed by atoms with Crippen LogP contribution in [0.3, 0.4) is 0 Å². The molecule has 0 saturated heterocycles. The maximum Gasteiger partial charge on any atom is 0.155 e. The second-order valence-electron chi connectivity index (χ2n) is 7.87. The second kappa shape index (κ2) is 6.96. The van der Waals surface area contributed by atoms with Gasteiger partial charge in [-0.3, -0.25) is 4.57 Å². The molecular weight excluding hydrogens is 398 g/mol. The number of hydrogen-bond acceptors (Lipinski definition) is 2. The molecule has 0 fully saturated rings. The Hall–Kier alpha value is -3.63. The zero-order valence-electron chi connectivity index (χ0n) is 17.4. The van der Waals surface area contributed by atoms with E-state index in [2.05, 4.69) is 108 Å². The van der Waals surface area contributed by atoms with Gasteiger partial charge in [0.1, 0.15) is 0 Å². The summed E-state index contributed by atoms with van der Waals surface area (Å²) in [6, 6.07) is 30.0. The number of benzene rings is 3. The lowest BCUT2D eigenvalue weighted by Crippen LogP contribution is -1.95. The van der Waals surface area contributed by atoms with Gasteiger partial charge >= 0.3 is 0 Å². The lowest BCUT2D eigenvalue weighted by Gasteiger charge is -2.07. The fourth-order valence-corrected chi connectivity index (χ4v) is 5.21. The summed E-state index contributed by atoms with van der Waals surface area (Å²) in [7, 11) is 2.13.